The highest BCUT2D eigenvalue weighted by Crippen LogP contribution is 2.44. The summed E-state index contributed by atoms with van der Waals surface area (Å²) in [6.45, 7) is 11.0. The number of aliphatic hydroxyl groups is 1. The van der Waals surface area contributed by atoms with Crippen molar-refractivity contribution >= 4 is 23.9 Å². The van der Waals surface area contributed by atoms with Gasteiger partial charge in [-0.15, -0.1) is 13.2 Å². The number of hydrogen-bond donors (Lipinski definition) is 4. The molecule has 0 spiro atoms. The fraction of sp³-hybridized carbons (Fsp3) is 0.381. The molecule has 4 N–H and O–H groups in total. The lowest BCUT2D eigenvalue weighted by molar-refractivity contribution is -0.148. The van der Waals surface area contributed by atoms with E-state index in [2.05, 4.69) is 41.2 Å². The van der Waals surface area contributed by atoms with Gasteiger partial charge in [0.2, 0.25) is 11.8 Å². The molecule has 276 valence electrons. The van der Waals surface area contributed by atoms with Crippen LogP contribution < -0.4 is 16.0 Å². The first kappa shape index (κ1) is 39.6. The first-order chi connectivity index (χ1) is 25.1. The Labute approximate surface area is 306 Å². The van der Waals surface area contributed by atoms with E-state index >= 15 is 0 Å². The first-order valence-electron chi connectivity index (χ1n) is 17.9. The molecular formula is C42H51N3O7. The minimum Gasteiger partial charge on any atom is -0.462 e. The van der Waals surface area contributed by atoms with Gasteiger partial charge in [0.1, 0.15) is 19.3 Å². The van der Waals surface area contributed by atoms with Crippen LogP contribution in [0.3, 0.4) is 0 Å². The van der Waals surface area contributed by atoms with Crippen LogP contribution in [0.2, 0.25) is 0 Å². The minimum absolute atomic E-state index is 0.0993. The quantitative estimate of drug-likeness (QED) is 0.0852. The second-order valence-electron chi connectivity index (χ2n) is 13.4. The van der Waals surface area contributed by atoms with E-state index in [1.54, 1.807) is 12.2 Å². The molecule has 0 saturated heterocycles. The van der Waals surface area contributed by atoms with Gasteiger partial charge in [0, 0.05) is 12.3 Å². The predicted molar refractivity (Wildman–Crippen MR) is 201 cm³/mol. The van der Waals surface area contributed by atoms with E-state index in [1.165, 1.54) is 0 Å². The molecule has 0 radical (unpaired) electrons. The van der Waals surface area contributed by atoms with Crippen molar-refractivity contribution in [1.29, 1.82) is 0 Å². The van der Waals surface area contributed by atoms with Crippen LogP contribution in [0.25, 0.3) is 11.1 Å². The summed E-state index contributed by atoms with van der Waals surface area (Å²) in [6.07, 6.45) is 3.78. The van der Waals surface area contributed by atoms with E-state index in [1.807, 2.05) is 80.6 Å². The summed E-state index contributed by atoms with van der Waals surface area (Å²) >= 11 is 0. The third kappa shape index (κ3) is 11.1. The number of alkyl carbamates (subject to hydrolysis) is 1. The molecule has 1 aliphatic rings. The summed E-state index contributed by atoms with van der Waals surface area (Å²) in [5.74, 6) is -2.39. The molecule has 4 atom stereocenters. The van der Waals surface area contributed by atoms with Crippen LogP contribution in [-0.4, -0.2) is 66.9 Å². The molecule has 10 heteroatoms. The monoisotopic (exact) mass is 709 g/mol. The number of allylic oxidation sites excluding steroid dienone is 2. The molecule has 1 aliphatic carbocycles. The van der Waals surface area contributed by atoms with Gasteiger partial charge in [0.15, 0.2) is 0 Å². The van der Waals surface area contributed by atoms with Gasteiger partial charge >= 0.3 is 12.1 Å². The Morgan fingerprint density at radius 3 is 2.06 bits per heavy atom. The molecule has 3 aromatic rings. The standard InChI is InChI=1S/C42H51N3O7/c1-5-7-22-37(45-42(50)52-26-36-34-20-13-11-18-32(34)33-19-12-14-21-35(33)36)41(49)51-27-38(28(3)4)44-40(48)30(15-6-2)24-39(47)43-31(25-46)23-29-16-9-8-10-17-29/h5-6,8-14,16-21,28,30-31,36-38,46H,1-2,7,15,22-27H2,3-4H3,(H,43,47)(H,44,48)(H,45,50)/t30-,31-,37-,38+/m0/s1. The Morgan fingerprint density at radius 2 is 1.46 bits per heavy atom. The van der Waals surface area contributed by atoms with E-state index in [0.717, 1.165) is 27.8 Å². The Morgan fingerprint density at radius 1 is 0.827 bits per heavy atom. The number of carbonyl (C=O) groups excluding carboxylic acids is 4. The van der Waals surface area contributed by atoms with Gasteiger partial charge in [-0.1, -0.05) is 105 Å². The zero-order valence-electron chi connectivity index (χ0n) is 30.1. The third-order valence-electron chi connectivity index (χ3n) is 9.28. The van der Waals surface area contributed by atoms with Crippen molar-refractivity contribution in [1.82, 2.24) is 16.0 Å². The Balaban J connectivity index is 1.31. The van der Waals surface area contributed by atoms with Crippen LogP contribution in [0.15, 0.2) is 104 Å². The van der Waals surface area contributed by atoms with E-state index in [9.17, 15) is 24.3 Å². The number of amides is 3. The molecule has 52 heavy (non-hydrogen) atoms. The SMILES string of the molecule is C=CCC[C@H](NC(=O)OCC1c2ccccc2-c2ccccc21)C(=O)OC[C@@H](NC(=O)[C@@H](CC=C)CC(=O)N[C@H](CO)Cc1ccccc1)C(C)C. The van der Waals surface area contributed by atoms with E-state index in [-0.39, 0.29) is 62.7 Å². The molecular weight excluding hydrogens is 658 g/mol. The van der Waals surface area contributed by atoms with Crippen LogP contribution in [0.5, 0.6) is 0 Å². The van der Waals surface area contributed by atoms with Crippen molar-refractivity contribution in [2.45, 2.75) is 70.0 Å². The van der Waals surface area contributed by atoms with E-state index in [4.69, 9.17) is 9.47 Å². The zero-order chi connectivity index (χ0) is 37.5. The first-order valence-corrected chi connectivity index (χ1v) is 17.9. The number of carbonyl (C=O) groups is 4. The number of esters is 1. The number of ether oxygens (including phenoxy) is 2. The lowest BCUT2D eigenvalue weighted by Crippen LogP contribution is -2.48. The normalized spacial score (nSPS) is 14.2. The minimum atomic E-state index is -0.996. The number of nitrogens with one attached hydrogen (secondary N) is 3. The lowest BCUT2D eigenvalue weighted by Gasteiger charge is -2.26. The summed E-state index contributed by atoms with van der Waals surface area (Å²) < 4.78 is 11.3. The maximum atomic E-state index is 13.4. The van der Waals surface area contributed by atoms with Gasteiger partial charge in [0.05, 0.1) is 24.6 Å². The van der Waals surface area contributed by atoms with Crippen LogP contribution in [0.1, 0.15) is 62.1 Å². The summed E-state index contributed by atoms with van der Waals surface area (Å²) in [5.41, 5.74) is 5.35. The zero-order valence-corrected chi connectivity index (χ0v) is 30.1. The maximum Gasteiger partial charge on any atom is 0.407 e. The number of aliphatic hydroxyl groups excluding tert-OH is 1. The fourth-order valence-electron chi connectivity index (χ4n) is 6.34. The van der Waals surface area contributed by atoms with Crippen molar-refractivity contribution in [3.63, 3.8) is 0 Å². The molecule has 0 aliphatic heterocycles. The Kier molecular flexibility index (Phi) is 15.2. The molecule has 3 amide bonds. The highest BCUT2D eigenvalue weighted by molar-refractivity contribution is 5.86. The van der Waals surface area contributed by atoms with Crippen molar-refractivity contribution < 1.29 is 33.8 Å². The summed E-state index contributed by atoms with van der Waals surface area (Å²) in [7, 11) is 0. The van der Waals surface area contributed by atoms with Crippen LogP contribution >= 0.6 is 0 Å². The predicted octanol–water partition coefficient (Wildman–Crippen LogP) is 5.85. The average Bonchev–Trinajstić information content (AvgIpc) is 3.47. The largest absolute Gasteiger partial charge is 0.462 e. The topological polar surface area (TPSA) is 143 Å². The molecule has 4 rings (SSSR count). The van der Waals surface area contributed by atoms with Crippen LogP contribution in [-0.2, 0) is 30.3 Å². The Bertz CT molecular complexity index is 1630. The van der Waals surface area contributed by atoms with Gasteiger partial charge in [-0.2, -0.15) is 0 Å². The van der Waals surface area contributed by atoms with Gasteiger partial charge in [-0.25, -0.2) is 9.59 Å². The fourth-order valence-corrected chi connectivity index (χ4v) is 6.34. The Hall–Kier alpha value is -5.22. The highest BCUT2D eigenvalue weighted by atomic mass is 16.6. The number of fused-ring (bicyclic) bond motifs is 3. The van der Waals surface area contributed by atoms with Gasteiger partial charge < -0.3 is 30.5 Å². The highest BCUT2D eigenvalue weighted by Gasteiger charge is 2.31. The van der Waals surface area contributed by atoms with Gasteiger partial charge in [-0.3, -0.25) is 9.59 Å². The molecule has 0 aromatic heterocycles. The van der Waals surface area contributed by atoms with Gasteiger partial charge in [0.25, 0.3) is 0 Å². The molecule has 0 heterocycles. The summed E-state index contributed by atoms with van der Waals surface area (Å²) in [4.78, 5) is 52.7. The smallest absolute Gasteiger partial charge is 0.407 e. The van der Waals surface area contributed by atoms with Crippen molar-refractivity contribution in [2.75, 3.05) is 19.8 Å². The van der Waals surface area contributed by atoms with Gasteiger partial charge in [-0.05, 0) is 59.4 Å². The molecule has 0 fully saturated rings. The van der Waals surface area contributed by atoms with Crippen molar-refractivity contribution in [3.05, 3.63) is 121 Å². The molecule has 0 saturated carbocycles. The van der Waals surface area contributed by atoms with Crippen molar-refractivity contribution in [3.8, 4) is 11.1 Å². The maximum absolute atomic E-state index is 13.4. The van der Waals surface area contributed by atoms with E-state index < -0.39 is 36.1 Å². The average molecular weight is 710 g/mol. The molecule has 10 nitrogen and oxygen atoms in total. The number of benzene rings is 3. The summed E-state index contributed by atoms with van der Waals surface area (Å²) in [5, 5.41) is 18.3. The molecule has 0 unspecified atom stereocenters. The summed E-state index contributed by atoms with van der Waals surface area (Å²) in [6, 6.07) is 23.5. The second kappa shape index (κ2) is 20.0. The van der Waals surface area contributed by atoms with Crippen molar-refractivity contribution in [2.24, 2.45) is 11.8 Å². The number of hydrogen-bond acceptors (Lipinski definition) is 7. The molecule has 3 aromatic carbocycles. The van der Waals surface area contributed by atoms with E-state index in [0.29, 0.717) is 12.8 Å². The second-order valence-corrected chi connectivity index (χ2v) is 13.4. The third-order valence-corrected chi connectivity index (χ3v) is 9.28. The molecule has 0 bridgehead atoms. The van der Waals surface area contributed by atoms with Crippen LogP contribution in [0.4, 0.5) is 4.79 Å². The number of rotatable bonds is 20. The van der Waals surface area contributed by atoms with Crippen LogP contribution in [0, 0.1) is 11.8 Å². The lowest BCUT2D eigenvalue weighted by atomic mass is 9.97.